The van der Waals surface area contributed by atoms with Gasteiger partial charge in [0, 0.05) is 28.3 Å². The Morgan fingerprint density at radius 2 is 2.18 bits per heavy atom. The minimum atomic E-state index is 0.0534. The second kappa shape index (κ2) is 4.78. The zero-order valence-corrected chi connectivity index (χ0v) is 13.0. The van der Waals surface area contributed by atoms with Crippen molar-refractivity contribution in [2.75, 3.05) is 0 Å². The summed E-state index contributed by atoms with van der Waals surface area (Å²) in [6.07, 6.45) is 7.27. The van der Waals surface area contributed by atoms with E-state index in [2.05, 4.69) is 16.9 Å². The average Bonchev–Trinajstić information content (AvgIpc) is 2.82. The highest BCUT2D eigenvalue weighted by atomic mass is 35.5. The first-order chi connectivity index (χ1) is 10.6. The van der Waals surface area contributed by atoms with E-state index in [0.29, 0.717) is 17.0 Å². The third kappa shape index (κ3) is 1.80. The number of hydrogen-bond donors (Lipinski definition) is 3. The molecule has 1 aromatic rings. The number of nitrogens with one attached hydrogen (secondary N) is 2. The molecule has 2 aliphatic carbocycles. The molecule has 4 nitrogen and oxygen atoms in total. The second-order valence-corrected chi connectivity index (χ2v) is 6.71. The van der Waals surface area contributed by atoms with Crippen LogP contribution in [0.3, 0.4) is 0 Å². The fourth-order valence-electron chi connectivity index (χ4n) is 3.89. The number of aromatic amines is 1. The lowest BCUT2D eigenvalue weighted by Crippen LogP contribution is -2.50. The number of hydrogen-bond acceptors (Lipinski definition) is 2. The van der Waals surface area contributed by atoms with Gasteiger partial charge in [0.15, 0.2) is 0 Å². The predicted octanol–water partition coefficient (Wildman–Crippen LogP) is 2.93. The van der Waals surface area contributed by atoms with Gasteiger partial charge < -0.3 is 16.0 Å². The smallest absolute Gasteiger partial charge is 0.253 e. The molecule has 0 bridgehead atoms. The Labute approximate surface area is 134 Å². The molecule has 2 atom stereocenters. The van der Waals surface area contributed by atoms with Gasteiger partial charge in [-0.1, -0.05) is 18.2 Å². The highest BCUT2D eigenvalue weighted by molar-refractivity contribution is 6.31. The normalized spacial score (nSPS) is 29.4. The molecule has 0 radical (unpaired) electrons. The molecule has 1 amide bonds. The fraction of sp³-hybridized carbons (Fsp3) is 0.353. The topological polar surface area (TPSA) is 70.9 Å². The lowest BCUT2D eigenvalue weighted by atomic mass is 9.73. The molecule has 3 aliphatic rings. The number of allylic oxidation sites excluding steroid dienone is 4. The van der Waals surface area contributed by atoms with E-state index in [-0.39, 0.29) is 5.91 Å². The minimum Gasteiger partial charge on any atom is -0.404 e. The van der Waals surface area contributed by atoms with Crippen LogP contribution in [-0.4, -0.2) is 16.9 Å². The average molecular weight is 316 g/mol. The number of fused-ring (bicyclic) bond motifs is 5. The van der Waals surface area contributed by atoms with Crippen molar-refractivity contribution in [1.82, 2.24) is 10.3 Å². The summed E-state index contributed by atoms with van der Waals surface area (Å²) >= 11 is 5.99. The van der Waals surface area contributed by atoms with E-state index in [1.54, 1.807) is 6.20 Å². The second-order valence-electron chi connectivity index (χ2n) is 6.23. The highest BCUT2D eigenvalue weighted by Crippen LogP contribution is 2.46. The molecule has 2 unspecified atom stereocenters. The van der Waals surface area contributed by atoms with Gasteiger partial charge in [0.25, 0.3) is 5.91 Å². The van der Waals surface area contributed by atoms with Gasteiger partial charge in [0.1, 0.15) is 0 Å². The van der Waals surface area contributed by atoms with Crippen LogP contribution in [0.15, 0.2) is 29.5 Å². The van der Waals surface area contributed by atoms with Crippen molar-refractivity contribution in [3.8, 4) is 0 Å². The summed E-state index contributed by atoms with van der Waals surface area (Å²) in [6, 6.07) is 0.292. The number of halogens is 1. The molecule has 1 aliphatic heterocycles. The Kier molecular flexibility index (Phi) is 2.98. The van der Waals surface area contributed by atoms with Crippen molar-refractivity contribution in [2.45, 2.75) is 37.6 Å². The largest absolute Gasteiger partial charge is 0.404 e. The molecule has 5 heteroatoms. The zero-order chi connectivity index (χ0) is 15.4. The van der Waals surface area contributed by atoms with Gasteiger partial charge in [-0.2, -0.15) is 0 Å². The van der Waals surface area contributed by atoms with Crippen LogP contribution in [0.25, 0.3) is 5.57 Å². The Morgan fingerprint density at radius 1 is 1.36 bits per heavy atom. The van der Waals surface area contributed by atoms with Gasteiger partial charge in [-0.3, -0.25) is 4.79 Å². The van der Waals surface area contributed by atoms with Crippen molar-refractivity contribution in [1.29, 1.82) is 0 Å². The van der Waals surface area contributed by atoms with Crippen LogP contribution in [-0.2, 0) is 6.42 Å². The summed E-state index contributed by atoms with van der Waals surface area (Å²) in [5.74, 6) is 0.474. The third-order valence-corrected chi connectivity index (χ3v) is 5.19. The zero-order valence-electron chi connectivity index (χ0n) is 12.2. The molecular formula is C17H18ClN3O. The summed E-state index contributed by atoms with van der Waals surface area (Å²) in [7, 11) is 0. The van der Waals surface area contributed by atoms with E-state index in [1.807, 2.05) is 6.08 Å². The van der Waals surface area contributed by atoms with Crippen molar-refractivity contribution in [2.24, 2.45) is 5.73 Å². The van der Waals surface area contributed by atoms with Crippen LogP contribution in [0.4, 0.5) is 0 Å². The Bertz CT molecular complexity index is 756. The lowest BCUT2D eigenvalue weighted by Gasteiger charge is -2.40. The van der Waals surface area contributed by atoms with Crippen molar-refractivity contribution in [3.63, 3.8) is 0 Å². The fourth-order valence-corrected chi connectivity index (χ4v) is 3.99. The number of carbonyl (C=O) groups is 1. The molecule has 0 aromatic carbocycles. The van der Waals surface area contributed by atoms with Gasteiger partial charge in [0.2, 0.25) is 0 Å². The van der Waals surface area contributed by atoms with Gasteiger partial charge in [-0.25, -0.2) is 0 Å². The van der Waals surface area contributed by atoms with E-state index in [0.717, 1.165) is 59.3 Å². The summed E-state index contributed by atoms with van der Waals surface area (Å²) in [6.45, 7) is 3.75. The van der Waals surface area contributed by atoms with E-state index in [9.17, 15) is 4.79 Å². The predicted molar refractivity (Wildman–Crippen MR) is 87.6 cm³/mol. The Balaban J connectivity index is 1.92. The molecule has 114 valence electrons. The number of aromatic nitrogens is 1. The van der Waals surface area contributed by atoms with E-state index in [4.69, 9.17) is 17.3 Å². The monoisotopic (exact) mass is 315 g/mol. The van der Waals surface area contributed by atoms with Gasteiger partial charge in [-0.15, -0.1) is 0 Å². The molecule has 1 aromatic heterocycles. The highest BCUT2D eigenvalue weighted by Gasteiger charge is 2.43. The van der Waals surface area contributed by atoms with Crippen LogP contribution in [0.2, 0.25) is 0 Å². The summed E-state index contributed by atoms with van der Waals surface area (Å²) in [5, 5.41) is 3.59. The van der Waals surface area contributed by atoms with Crippen molar-refractivity contribution < 1.29 is 4.79 Å². The van der Waals surface area contributed by atoms with Crippen molar-refractivity contribution in [3.05, 3.63) is 52.0 Å². The summed E-state index contributed by atoms with van der Waals surface area (Å²) < 4.78 is 0. The van der Waals surface area contributed by atoms with Crippen molar-refractivity contribution >= 4 is 23.1 Å². The standard InChI is InChI=1S/C17H18ClN3O/c1-8(18)6-12-9(7-19)2-3-11-14-16(21-15(11)12)10-4-5-13(10)20-17(14)22/h6-7,10,13,21H,1-5,19H2,(H,20,22)/b9-7-,12-6?. The Morgan fingerprint density at radius 3 is 2.82 bits per heavy atom. The van der Waals surface area contributed by atoms with Gasteiger partial charge in [-0.05, 0) is 49.1 Å². The first kappa shape index (κ1) is 13.7. The lowest BCUT2D eigenvalue weighted by molar-refractivity contribution is 0.0876. The minimum absolute atomic E-state index is 0.0534. The first-order valence-electron chi connectivity index (χ1n) is 7.63. The van der Waals surface area contributed by atoms with Crippen LogP contribution < -0.4 is 11.1 Å². The molecule has 1 fully saturated rings. The third-order valence-electron chi connectivity index (χ3n) is 5.08. The summed E-state index contributed by atoms with van der Waals surface area (Å²) in [5.41, 5.74) is 11.8. The van der Waals surface area contributed by atoms with Gasteiger partial charge in [0.05, 0.1) is 11.3 Å². The molecule has 0 saturated heterocycles. The first-order valence-corrected chi connectivity index (χ1v) is 8.01. The Hall–Kier alpha value is -1.94. The number of H-pyrrole nitrogens is 1. The quantitative estimate of drug-likeness (QED) is 0.745. The molecule has 0 spiro atoms. The number of rotatable bonds is 1. The molecular weight excluding hydrogens is 298 g/mol. The molecule has 4 N–H and O–H groups in total. The van der Waals surface area contributed by atoms with Crippen LogP contribution >= 0.6 is 11.6 Å². The maximum atomic E-state index is 12.5. The van der Waals surface area contributed by atoms with E-state index in [1.165, 1.54) is 0 Å². The molecule has 1 saturated carbocycles. The SMILES string of the molecule is C=C(Cl)C=C1/C(=C\N)CCc2c1[nH]c1c2C(=O)NC2CCC12. The number of amides is 1. The number of nitrogens with two attached hydrogens (primary N) is 1. The van der Waals surface area contributed by atoms with Crippen LogP contribution in [0.5, 0.6) is 0 Å². The van der Waals surface area contributed by atoms with E-state index >= 15 is 0 Å². The van der Waals surface area contributed by atoms with Crippen LogP contribution in [0, 0.1) is 0 Å². The number of carbonyl (C=O) groups excluding carboxylic acids is 1. The molecule has 22 heavy (non-hydrogen) atoms. The van der Waals surface area contributed by atoms with Crippen LogP contribution in [0.1, 0.15) is 52.5 Å². The summed E-state index contributed by atoms with van der Waals surface area (Å²) in [4.78, 5) is 16.0. The van der Waals surface area contributed by atoms with E-state index < -0.39 is 0 Å². The maximum absolute atomic E-state index is 12.5. The molecule has 2 heterocycles. The molecule has 4 rings (SSSR count). The van der Waals surface area contributed by atoms with Gasteiger partial charge >= 0.3 is 0 Å². The maximum Gasteiger partial charge on any atom is 0.253 e.